The lowest BCUT2D eigenvalue weighted by Crippen LogP contribution is -2.61. The Labute approximate surface area is 123 Å². The number of carbonyl (C=O) groups excluding carboxylic acids is 2. The summed E-state index contributed by atoms with van der Waals surface area (Å²) in [6.07, 6.45) is 2.03. The van der Waals surface area contributed by atoms with Gasteiger partial charge in [-0.05, 0) is 38.9 Å². The molecule has 3 amide bonds. The van der Waals surface area contributed by atoms with Gasteiger partial charge < -0.3 is 20.6 Å². The summed E-state index contributed by atoms with van der Waals surface area (Å²) in [6, 6.07) is -1.48. The van der Waals surface area contributed by atoms with Crippen LogP contribution < -0.4 is 10.6 Å². The Hall–Kier alpha value is -1.83. The Morgan fingerprint density at radius 1 is 1.38 bits per heavy atom. The molecule has 0 bridgehead atoms. The molecule has 8 nitrogen and oxygen atoms in total. The van der Waals surface area contributed by atoms with E-state index < -0.39 is 18.0 Å². The Bertz CT molecular complexity index is 420. The molecule has 0 radical (unpaired) electrons. The predicted molar refractivity (Wildman–Crippen MR) is 74.8 cm³/mol. The fourth-order valence-corrected chi connectivity index (χ4v) is 2.67. The smallest absolute Gasteiger partial charge is 0.328 e. The zero-order valence-corrected chi connectivity index (χ0v) is 12.2. The third kappa shape index (κ3) is 4.07. The number of rotatable bonds is 3. The van der Waals surface area contributed by atoms with Crippen LogP contribution in [-0.2, 0) is 9.59 Å². The number of nitrogens with zero attached hydrogens (tertiary/aromatic N) is 2. The molecule has 0 saturated carbocycles. The fraction of sp³-hybridized carbons (Fsp3) is 0.769. The molecule has 2 fully saturated rings. The van der Waals surface area contributed by atoms with Crippen LogP contribution in [0.4, 0.5) is 4.79 Å². The highest BCUT2D eigenvalue weighted by atomic mass is 16.4. The van der Waals surface area contributed by atoms with Crippen molar-refractivity contribution in [3.8, 4) is 0 Å². The van der Waals surface area contributed by atoms with Crippen LogP contribution in [0.25, 0.3) is 0 Å². The molecular weight excluding hydrogens is 276 g/mol. The minimum atomic E-state index is -1.11. The van der Waals surface area contributed by atoms with E-state index >= 15 is 0 Å². The van der Waals surface area contributed by atoms with E-state index in [4.69, 9.17) is 5.11 Å². The maximum absolute atomic E-state index is 12.1. The van der Waals surface area contributed by atoms with Crippen molar-refractivity contribution in [2.24, 2.45) is 5.92 Å². The highest BCUT2D eigenvalue weighted by Crippen LogP contribution is 2.15. The van der Waals surface area contributed by atoms with Crippen LogP contribution >= 0.6 is 0 Å². The van der Waals surface area contributed by atoms with Crippen molar-refractivity contribution in [1.82, 2.24) is 20.4 Å². The van der Waals surface area contributed by atoms with Gasteiger partial charge in [0.2, 0.25) is 5.91 Å². The van der Waals surface area contributed by atoms with Crippen molar-refractivity contribution in [3.05, 3.63) is 0 Å². The zero-order chi connectivity index (χ0) is 15.4. The van der Waals surface area contributed by atoms with E-state index in [9.17, 15) is 14.4 Å². The van der Waals surface area contributed by atoms with Crippen LogP contribution in [0.2, 0.25) is 0 Å². The van der Waals surface area contributed by atoms with Gasteiger partial charge in [0.15, 0.2) is 0 Å². The molecule has 2 aliphatic heterocycles. The summed E-state index contributed by atoms with van der Waals surface area (Å²) in [7, 11) is 2.07. The Balaban J connectivity index is 1.85. The molecule has 2 saturated heterocycles. The predicted octanol–water partition coefficient (Wildman–Crippen LogP) is -1.08. The number of aliphatic carboxylic acids is 1. The number of likely N-dealkylation sites (tertiary alicyclic amines) is 1. The molecule has 0 aromatic carbocycles. The van der Waals surface area contributed by atoms with Gasteiger partial charge in [-0.1, -0.05) is 0 Å². The van der Waals surface area contributed by atoms with Crippen molar-refractivity contribution < 1.29 is 19.5 Å². The van der Waals surface area contributed by atoms with E-state index in [1.54, 1.807) is 0 Å². The van der Waals surface area contributed by atoms with E-state index in [0.29, 0.717) is 12.5 Å². The summed E-state index contributed by atoms with van der Waals surface area (Å²) in [5.41, 5.74) is 0. The van der Waals surface area contributed by atoms with Crippen molar-refractivity contribution in [1.29, 1.82) is 0 Å². The van der Waals surface area contributed by atoms with Gasteiger partial charge in [0.05, 0.1) is 0 Å². The molecule has 1 atom stereocenters. The summed E-state index contributed by atoms with van der Waals surface area (Å²) >= 11 is 0. The van der Waals surface area contributed by atoms with Gasteiger partial charge in [0, 0.05) is 13.1 Å². The summed E-state index contributed by atoms with van der Waals surface area (Å²) in [5, 5.41) is 14.3. The number of hydrogen-bond donors (Lipinski definition) is 3. The van der Waals surface area contributed by atoms with Crippen molar-refractivity contribution >= 4 is 17.9 Å². The van der Waals surface area contributed by atoms with Crippen molar-refractivity contribution in [2.75, 3.05) is 39.8 Å². The summed E-state index contributed by atoms with van der Waals surface area (Å²) in [4.78, 5) is 38.0. The molecule has 2 heterocycles. The number of urea groups is 1. The SMILES string of the molecule is CN1CCC(CNC(=O)N2CC(=O)NCC2C(=O)O)CC1. The first kappa shape index (κ1) is 15.6. The van der Waals surface area contributed by atoms with Gasteiger partial charge in [-0.15, -0.1) is 0 Å². The molecule has 0 aliphatic carbocycles. The number of piperidine rings is 1. The van der Waals surface area contributed by atoms with Gasteiger partial charge in [-0.2, -0.15) is 0 Å². The standard InChI is InChI=1S/C13H22N4O4/c1-16-4-2-9(3-5-16)6-15-13(21)17-8-11(18)14-7-10(17)12(19)20/h9-10H,2-8H2,1H3,(H,14,18)(H,15,21)(H,19,20). The average molecular weight is 298 g/mol. The number of nitrogens with one attached hydrogen (secondary N) is 2. The molecule has 0 aromatic heterocycles. The Morgan fingerprint density at radius 2 is 2.05 bits per heavy atom. The molecule has 0 spiro atoms. The molecule has 118 valence electrons. The number of piperazine rings is 1. The van der Waals surface area contributed by atoms with Crippen LogP contribution in [0.3, 0.4) is 0 Å². The lowest BCUT2D eigenvalue weighted by Gasteiger charge is -2.34. The number of hydrogen-bond acceptors (Lipinski definition) is 4. The lowest BCUT2D eigenvalue weighted by molar-refractivity contribution is -0.144. The van der Waals surface area contributed by atoms with E-state index in [1.807, 2.05) is 0 Å². The van der Waals surface area contributed by atoms with Crippen molar-refractivity contribution in [2.45, 2.75) is 18.9 Å². The summed E-state index contributed by atoms with van der Waals surface area (Å²) in [6.45, 7) is 2.28. The molecule has 0 aromatic rings. The minimum Gasteiger partial charge on any atom is -0.480 e. The highest BCUT2D eigenvalue weighted by Gasteiger charge is 2.35. The fourth-order valence-electron chi connectivity index (χ4n) is 2.67. The Kier molecular flexibility index (Phi) is 5.00. The van der Waals surface area contributed by atoms with Crippen LogP contribution in [0.5, 0.6) is 0 Å². The molecule has 1 unspecified atom stereocenters. The average Bonchev–Trinajstić information content (AvgIpc) is 2.46. The summed E-state index contributed by atoms with van der Waals surface area (Å²) < 4.78 is 0. The van der Waals surface area contributed by atoms with Crippen LogP contribution in [0.15, 0.2) is 0 Å². The molecule has 8 heteroatoms. The largest absolute Gasteiger partial charge is 0.480 e. The van der Waals surface area contributed by atoms with Crippen LogP contribution in [-0.4, -0.2) is 78.6 Å². The third-order valence-electron chi connectivity index (χ3n) is 4.11. The topological polar surface area (TPSA) is 102 Å². The van der Waals surface area contributed by atoms with E-state index in [0.717, 1.165) is 30.8 Å². The normalized spacial score (nSPS) is 24.5. The van der Waals surface area contributed by atoms with Crippen LogP contribution in [0.1, 0.15) is 12.8 Å². The quantitative estimate of drug-likeness (QED) is 0.615. The first-order valence-corrected chi connectivity index (χ1v) is 7.20. The first-order valence-electron chi connectivity index (χ1n) is 7.20. The first-order chi connectivity index (χ1) is 9.97. The number of carbonyl (C=O) groups is 3. The number of amides is 3. The van der Waals surface area contributed by atoms with Crippen LogP contribution in [0, 0.1) is 5.92 Å². The second-order valence-electron chi connectivity index (χ2n) is 5.72. The van der Waals surface area contributed by atoms with Gasteiger partial charge in [-0.25, -0.2) is 9.59 Å². The van der Waals surface area contributed by atoms with E-state index in [-0.39, 0.29) is 19.0 Å². The van der Waals surface area contributed by atoms with E-state index in [1.165, 1.54) is 0 Å². The molecule has 2 aliphatic rings. The molecule has 3 N–H and O–H groups in total. The molecular formula is C13H22N4O4. The van der Waals surface area contributed by atoms with E-state index in [2.05, 4.69) is 22.6 Å². The van der Waals surface area contributed by atoms with Gasteiger partial charge in [-0.3, -0.25) is 9.69 Å². The van der Waals surface area contributed by atoms with Gasteiger partial charge >= 0.3 is 12.0 Å². The van der Waals surface area contributed by atoms with Gasteiger partial charge in [0.1, 0.15) is 12.6 Å². The second-order valence-corrected chi connectivity index (χ2v) is 5.72. The highest BCUT2D eigenvalue weighted by molar-refractivity contribution is 5.90. The van der Waals surface area contributed by atoms with Gasteiger partial charge in [0.25, 0.3) is 0 Å². The minimum absolute atomic E-state index is 0.0458. The molecule has 2 rings (SSSR count). The second kappa shape index (κ2) is 6.75. The monoisotopic (exact) mass is 298 g/mol. The Morgan fingerprint density at radius 3 is 2.67 bits per heavy atom. The zero-order valence-electron chi connectivity index (χ0n) is 12.2. The lowest BCUT2D eigenvalue weighted by atomic mass is 9.97. The summed E-state index contributed by atoms with van der Waals surface area (Å²) in [5.74, 6) is -1.03. The molecule has 21 heavy (non-hydrogen) atoms. The third-order valence-corrected chi connectivity index (χ3v) is 4.11. The van der Waals surface area contributed by atoms with Crippen molar-refractivity contribution in [3.63, 3.8) is 0 Å². The number of carboxylic acids is 1. The maximum atomic E-state index is 12.1. The number of carboxylic acid groups (broad SMARTS) is 1. The maximum Gasteiger partial charge on any atom is 0.328 e.